The molecule has 172 valence electrons. The quantitative estimate of drug-likeness (QED) is 0.138. The highest BCUT2D eigenvalue weighted by Crippen LogP contribution is 2.36. The van der Waals surface area contributed by atoms with E-state index in [4.69, 9.17) is 21.1 Å². The van der Waals surface area contributed by atoms with Crippen LogP contribution in [0.2, 0.25) is 5.02 Å². The molecule has 0 atom stereocenters. The zero-order chi connectivity index (χ0) is 24.1. The largest absolute Gasteiger partial charge is 0.535 e. The second kappa shape index (κ2) is 10.1. The number of carbonyl (C=O) groups is 1. The summed E-state index contributed by atoms with van der Waals surface area (Å²) in [5.41, 5.74) is -1.71. The number of benzene rings is 1. The molecule has 0 amide bonds. The standard InChI is InChI=1S/C18H15ClF3N3O7/c1-4-30-17(26)32-24-15(29-3)12-7-11(5-9(2)14(12)25(27)28)31-16-13(19)6-10(8-23-16)18(20,21)22/h5-8H,4H2,1-3H3. The van der Waals surface area contributed by atoms with Crippen molar-refractivity contribution in [3.63, 3.8) is 0 Å². The monoisotopic (exact) mass is 477 g/mol. The first kappa shape index (κ1) is 24.7. The summed E-state index contributed by atoms with van der Waals surface area (Å²) >= 11 is 5.84. The lowest BCUT2D eigenvalue weighted by atomic mass is 10.1. The number of nitrogens with zero attached hydrogens (tertiary/aromatic N) is 3. The van der Waals surface area contributed by atoms with Gasteiger partial charge in [0.25, 0.3) is 11.6 Å². The summed E-state index contributed by atoms with van der Waals surface area (Å²) in [7, 11) is 1.12. The molecule has 0 bridgehead atoms. The van der Waals surface area contributed by atoms with Crippen molar-refractivity contribution in [2.75, 3.05) is 13.7 Å². The minimum atomic E-state index is -4.66. The Morgan fingerprint density at radius 3 is 2.53 bits per heavy atom. The maximum absolute atomic E-state index is 12.8. The van der Waals surface area contributed by atoms with Gasteiger partial charge in [-0.1, -0.05) is 11.6 Å². The van der Waals surface area contributed by atoms with Gasteiger partial charge in [-0.2, -0.15) is 13.2 Å². The number of oxime groups is 1. The highest BCUT2D eigenvalue weighted by Gasteiger charge is 2.32. The maximum Gasteiger partial charge on any atom is 0.535 e. The number of nitro groups is 1. The minimum absolute atomic E-state index is 0.000137. The Balaban J connectivity index is 2.49. The fourth-order valence-electron chi connectivity index (χ4n) is 2.40. The number of alkyl halides is 3. The molecule has 0 aliphatic rings. The van der Waals surface area contributed by atoms with Crippen molar-refractivity contribution in [2.24, 2.45) is 5.16 Å². The van der Waals surface area contributed by atoms with E-state index in [1.165, 1.54) is 19.9 Å². The SMILES string of the molecule is CCOC(=O)ON=C(OC)c1cc(Oc2ncc(C(F)(F)F)cc2Cl)cc(C)c1[N+](=O)[O-]. The van der Waals surface area contributed by atoms with E-state index in [0.29, 0.717) is 12.3 Å². The molecule has 1 aromatic carbocycles. The first-order valence-corrected chi connectivity index (χ1v) is 9.01. The highest BCUT2D eigenvalue weighted by molar-refractivity contribution is 6.31. The van der Waals surface area contributed by atoms with E-state index < -0.39 is 39.4 Å². The van der Waals surface area contributed by atoms with E-state index in [1.807, 2.05) is 0 Å². The second-order valence-electron chi connectivity index (χ2n) is 5.88. The number of nitro benzene ring substituents is 1. The third-order valence-corrected chi connectivity index (χ3v) is 3.97. The highest BCUT2D eigenvalue weighted by atomic mass is 35.5. The summed E-state index contributed by atoms with van der Waals surface area (Å²) < 4.78 is 53.3. The molecule has 2 aromatic rings. The van der Waals surface area contributed by atoms with E-state index >= 15 is 0 Å². The number of hydrogen-bond donors (Lipinski definition) is 0. The molecule has 1 aromatic heterocycles. The van der Waals surface area contributed by atoms with Crippen LogP contribution in [0.25, 0.3) is 0 Å². The summed E-state index contributed by atoms with van der Waals surface area (Å²) in [5, 5.41) is 14.5. The normalized spacial score (nSPS) is 11.7. The van der Waals surface area contributed by atoms with Gasteiger partial charge in [0, 0.05) is 17.8 Å². The van der Waals surface area contributed by atoms with Gasteiger partial charge in [-0.15, -0.1) is 0 Å². The Morgan fingerprint density at radius 2 is 2.00 bits per heavy atom. The van der Waals surface area contributed by atoms with Crippen LogP contribution >= 0.6 is 11.6 Å². The van der Waals surface area contributed by atoms with E-state index in [-0.39, 0.29) is 29.4 Å². The molecule has 10 nitrogen and oxygen atoms in total. The van der Waals surface area contributed by atoms with E-state index in [1.54, 1.807) is 0 Å². The summed E-state index contributed by atoms with van der Waals surface area (Å²) in [4.78, 5) is 30.2. The van der Waals surface area contributed by atoms with Gasteiger partial charge >= 0.3 is 12.3 Å². The predicted molar refractivity (Wildman–Crippen MR) is 104 cm³/mol. The summed E-state index contributed by atoms with van der Waals surface area (Å²) in [6.07, 6.45) is -5.31. The third kappa shape index (κ3) is 5.97. The van der Waals surface area contributed by atoms with Gasteiger partial charge in [0.05, 0.1) is 24.2 Å². The number of pyridine rings is 1. The molecule has 32 heavy (non-hydrogen) atoms. The van der Waals surface area contributed by atoms with E-state index in [9.17, 15) is 28.1 Å². The molecule has 1 heterocycles. The fourth-order valence-corrected chi connectivity index (χ4v) is 2.60. The Labute approximate surface area is 183 Å². The molecule has 0 saturated carbocycles. The van der Waals surface area contributed by atoms with Crippen LogP contribution < -0.4 is 4.74 Å². The molecule has 0 saturated heterocycles. The lowest BCUT2D eigenvalue weighted by molar-refractivity contribution is -0.385. The summed E-state index contributed by atoms with van der Waals surface area (Å²) in [6.45, 7) is 2.90. The van der Waals surface area contributed by atoms with Gasteiger partial charge in [-0.3, -0.25) is 15.0 Å². The number of aromatic nitrogens is 1. The van der Waals surface area contributed by atoms with Crippen molar-refractivity contribution in [1.82, 2.24) is 4.98 Å². The topological polar surface area (TPSA) is 122 Å². The van der Waals surface area contributed by atoms with E-state index in [2.05, 4.69) is 19.7 Å². The van der Waals surface area contributed by atoms with E-state index in [0.717, 1.165) is 13.2 Å². The van der Waals surface area contributed by atoms with Gasteiger partial charge in [-0.25, -0.2) is 9.78 Å². The molecule has 0 fully saturated rings. The van der Waals surface area contributed by atoms with Crippen LogP contribution in [0.4, 0.5) is 23.7 Å². The number of carbonyl (C=O) groups excluding carboxylic acids is 1. The van der Waals surface area contributed by atoms with Crippen molar-refractivity contribution in [2.45, 2.75) is 20.0 Å². The number of aryl methyl sites for hydroxylation is 1. The van der Waals surface area contributed by atoms with Crippen LogP contribution in [0.5, 0.6) is 11.6 Å². The van der Waals surface area contributed by atoms with Crippen LogP contribution in [0.1, 0.15) is 23.6 Å². The smallest absolute Gasteiger partial charge is 0.478 e. The van der Waals surface area contributed by atoms with Crippen molar-refractivity contribution < 1.29 is 41.9 Å². The molecule has 0 aliphatic carbocycles. The lowest BCUT2D eigenvalue weighted by Gasteiger charge is -2.12. The zero-order valence-electron chi connectivity index (χ0n) is 16.7. The second-order valence-corrected chi connectivity index (χ2v) is 6.29. The van der Waals surface area contributed by atoms with Crippen LogP contribution in [-0.2, 0) is 20.5 Å². The van der Waals surface area contributed by atoms with Crippen molar-refractivity contribution in [3.8, 4) is 11.6 Å². The third-order valence-electron chi connectivity index (χ3n) is 3.69. The van der Waals surface area contributed by atoms with Gasteiger partial charge in [0.2, 0.25) is 5.88 Å². The van der Waals surface area contributed by atoms with Gasteiger partial charge in [0.1, 0.15) is 16.3 Å². The first-order chi connectivity index (χ1) is 15.0. The molecular weight excluding hydrogens is 463 g/mol. The Kier molecular flexibility index (Phi) is 7.81. The average molecular weight is 478 g/mol. The molecule has 2 rings (SSSR count). The van der Waals surface area contributed by atoms with Crippen LogP contribution in [-0.4, -0.2) is 35.7 Å². The molecule has 0 N–H and O–H groups in total. The van der Waals surface area contributed by atoms with Crippen LogP contribution in [0.3, 0.4) is 0 Å². The molecule has 0 spiro atoms. The van der Waals surface area contributed by atoms with Gasteiger partial charge < -0.3 is 14.2 Å². The zero-order valence-corrected chi connectivity index (χ0v) is 17.5. The van der Waals surface area contributed by atoms with Crippen molar-refractivity contribution in [3.05, 3.63) is 56.2 Å². The Morgan fingerprint density at radius 1 is 1.31 bits per heavy atom. The van der Waals surface area contributed by atoms with Crippen molar-refractivity contribution in [1.29, 1.82) is 0 Å². The number of methoxy groups -OCH3 is 1. The molecule has 0 unspecified atom stereocenters. The number of halogens is 4. The molecular formula is C18H15ClF3N3O7. The van der Waals surface area contributed by atoms with Crippen molar-refractivity contribution >= 4 is 29.3 Å². The minimum Gasteiger partial charge on any atom is -0.478 e. The number of rotatable bonds is 6. The van der Waals surface area contributed by atoms with Gasteiger partial charge in [-0.05, 0) is 31.1 Å². The summed E-state index contributed by atoms with van der Waals surface area (Å²) in [6, 6.07) is 2.95. The van der Waals surface area contributed by atoms with Gasteiger partial charge in [0.15, 0.2) is 0 Å². The molecule has 14 heteroatoms. The average Bonchev–Trinajstić information content (AvgIpc) is 2.68. The maximum atomic E-state index is 12.8. The van der Waals surface area contributed by atoms with Crippen LogP contribution in [0.15, 0.2) is 29.6 Å². The fraction of sp³-hybridized carbons (Fsp3) is 0.278. The molecule has 0 radical (unpaired) electrons. The summed E-state index contributed by atoms with van der Waals surface area (Å²) in [5.74, 6) is -0.930. The Bertz CT molecular complexity index is 1060. The Hall–Kier alpha value is -3.61. The predicted octanol–water partition coefficient (Wildman–Crippen LogP) is 5.24. The number of ether oxygens (including phenoxy) is 3. The lowest BCUT2D eigenvalue weighted by Crippen LogP contribution is -2.12. The first-order valence-electron chi connectivity index (χ1n) is 8.63. The van der Waals surface area contributed by atoms with Crippen LogP contribution in [0, 0.1) is 17.0 Å². The number of hydrogen-bond acceptors (Lipinski definition) is 9. The molecule has 0 aliphatic heterocycles.